The second-order valence-corrected chi connectivity index (χ2v) is 4.97. The molecule has 1 aromatic rings. The molecule has 0 aromatic heterocycles. The van der Waals surface area contributed by atoms with Crippen LogP contribution in [0.5, 0.6) is 5.75 Å². The Kier molecular flexibility index (Phi) is 4.13. The van der Waals surface area contributed by atoms with E-state index in [2.05, 4.69) is 0 Å². The molecule has 0 radical (unpaired) electrons. The molecule has 0 unspecified atom stereocenters. The summed E-state index contributed by atoms with van der Waals surface area (Å²) in [7, 11) is 1.38. The average Bonchev–Trinajstić information content (AvgIpc) is 2.47. The Balaban J connectivity index is 2.16. The minimum atomic E-state index is -1.80. The molecule has 1 aliphatic rings. The minimum absolute atomic E-state index is 0.0638. The van der Waals surface area contributed by atoms with Crippen LogP contribution in [0.4, 0.5) is 4.39 Å². The topological polar surface area (TPSA) is 87.1 Å². The van der Waals surface area contributed by atoms with E-state index in [1.165, 1.54) is 24.1 Å². The van der Waals surface area contributed by atoms with Gasteiger partial charge in [-0.3, -0.25) is 4.79 Å². The van der Waals surface area contributed by atoms with Gasteiger partial charge in [0.2, 0.25) is 0 Å². The lowest BCUT2D eigenvalue weighted by Gasteiger charge is -2.35. The highest BCUT2D eigenvalue weighted by Gasteiger charge is 2.40. The molecular formula is C14H16FNO5. The first-order valence-electron chi connectivity index (χ1n) is 6.46. The van der Waals surface area contributed by atoms with Crippen molar-refractivity contribution in [1.82, 2.24) is 4.90 Å². The van der Waals surface area contributed by atoms with Crippen molar-refractivity contribution in [1.29, 1.82) is 0 Å². The molecule has 0 bridgehead atoms. The smallest absolute Gasteiger partial charge is 0.335 e. The van der Waals surface area contributed by atoms with Crippen LogP contribution in [0.25, 0.3) is 0 Å². The lowest BCUT2D eigenvalue weighted by molar-refractivity contribution is -0.162. The van der Waals surface area contributed by atoms with Gasteiger partial charge in [-0.2, -0.15) is 0 Å². The van der Waals surface area contributed by atoms with Crippen LogP contribution in [0.15, 0.2) is 18.2 Å². The standard InChI is InChI=1S/C14H16FNO5/c1-21-11-3-2-9(15)8-10(11)12(17)16-6-4-14(20,5-7-16)13(18)19/h2-3,8,20H,4-7H2,1H3,(H,18,19). The highest BCUT2D eigenvalue weighted by atomic mass is 19.1. The molecule has 0 aliphatic carbocycles. The number of methoxy groups -OCH3 is 1. The SMILES string of the molecule is COc1ccc(F)cc1C(=O)N1CCC(O)(C(=O)O)CC1. The summed E-state index contributed by atoms with van der Waals surface area (Å²) in [5, 5.41) is 18.8. The van der Waals surface area contributed by atoms with Gasteiger partial charge in [0.1, 0.15) is 11.6 Å². The number of carboxylic acids is 1. The molecule has 2 rings (SSSR count). The molecular weight excluding hydrogens is 281 g/mol. The molecule has 1 amide bonds. The maximum atomic E-state index is 13.3. The number of hydrogen-bond acceptors (Lipinski definition) is 4. The van der Waals surface area contributed by atoms with Crippen LogP contribution >= 0.6 is 0 Å². The summed E-state index contributed by atoms with van der Waals surface area (Å²) in [5.41, 5.74) is -1.72. The Bertz CT molecular complexity index is 566. The number of carbonyl (C=O) groups excluding carboxylic acids is 1. The fraction of sp³-hybridized carbons (Fsp3) is 0.429. The first-order valence-corrected chi connectivity index (χ1v) is 6.46. The third-order valence-electron chi connectivity index (χ3n) is 3.67. The van der Waals surface area contributed by atoms with Gasteiger partial charge >= 0.3 is 5.97 Å². The summed E-state index contributed by atoms with van der Waals surface area (Å²) in [4.78, 5) is 24.7. The largest absolute Gasteiger partial charge is 0.496 e. The van der Waals surface area contributed by atoms with E-state index in [1.54, 1.807) is 0 Å². The summed E-state index contributed by atoms with van der Waals surface area (Å²) in [6.45, 7) is 0.169. The number of likely N-dealkylation sites (tertiary alicyclic amines) is 1. The van der Waals surface area contributed by atoms with E-state index in [9.17, 15) is 19.1 Å². The highest BCUT2D eigenvalue weighted by molar-refractivity contribution is 5.97. The third kappa shape index (κ3) is 2.97. The number of rotatable bonds is 3. The fourth-order valence-corrected chi connectivity index (χ4v) is 2.31. The number of nitrogens with zero attached hydrogens (tertiary/aromatic N) is 1. The Morgan fingerprint density at radius 3 is 2.48 bits per heavy atom. The second kappa shape index (κ2) is 5.69. The number of hydrogen-bond donors (Lipinski definition) is 2. The average molecular weight is 297 g/mol. The summed E-state index contributed by atoms with van der Waals surface area (Å²) in [6.07, 6.45) is -0.128. The summed E-state index contributed by atoms with van der Waals surface area (Å²) < 4.78 is 18.3. The van der Waals surface area contributed by atoms with Crippen molar-refractivity contribution in [3.05, 3.63) is 29.6 Å². The van der Waals surface area contributed by atoms with Crippen molar-refractivity contribution in [3.8, 4) is 5.75 Å². The number of aliphatic carboxylic acids is 1. The van der Waals surface area contributed by atoms with Crippen molar-refractivity contribution >= 4 is 11.9 Å². The number of benzene rings is 1. The number of piperidine rings is 1. The summed E-state index contributed by atoms with van der Waals surface area (Å²) in [5.74, 6) is -2.05. The van der Waals surface area contributed by atoms with Gasteiger partial charge < -0.3 is 19.8 Å². The van der Waals surface area contributed by atoms with Crippen molar-refractivity contribution < 1.29 is 28.9 Å². The molecule has 1 aromatic carbocycles. The molecule has 6 nitrogen and oxygen atoms in total. The number of ether oxygens (including phenoxy) is 1. The molecule has 1 aliphatic heterocycles. The van der Waals surface area contributed by atoms with Crippen LogP contribution in [-0.4, -0.2) is 52.8 Å². The maximum absolute atomic E-state index is 13.3. The first kappa shape index (κ1) is 15.2. The molecule has 0 atom stereocenters. The summed E-state index contributed by atoms with van der Waals surface area (Å²) >= 11 is 0. The number of aliphatic hydroxyl groups is 1. The molecule has 21 heavy (non-hydrogen) atoms. The van der Waals surface area contributed by atoms with Gasteiger partial charge in [-0.05, 0) is 18.2 Å². The Hall–Kier alpha value is -2.15. The van der Waals surface area contributed by atoms with Crippen LogP contribution in [0.2, 0.25) is 0 Å². The van der Waals surface area contributed by atoms with E-state index in [-0.39, 0.29) is 37.2 Å². The van der Waals surface area contributed by atoms with Crippen molar-refractivity contribution in [3.63, 3.8) is 0 Å². The molecule has 0 spiro atoms. The third-order valence-corrected chi connectivity index (χ3v) is 3.67. The first-order chi connectivity index (χ1) is 9.87. The van der Waals surface area contributed by atoms with Gasteiger partial charge in [0.15, 0.2) is 5.60 Å². The van der Waals surface area contributed by atoms with Gasteiger partial charge in [-0.1, -0.05) is 0 Å². The van der Waals surface area contributed by atoms with Gasteiger partial charge in [-0.15, -0.1) is 0 Å². The fourth-order valence-electron chi connectivity index (χ4n) is 2.31. The van der Waals surface area contributed by atoms with E-state index in [4.69, 9.17) is 9.84 Å². The highest BCUT2D eigenvalue weighted by Crippen LogP contribution is 2.26. The zero-order chi connectivity index (χ0) is 15.6. The lowest BCUT2D eigenvalue weighted by atomic mass is 9.91. The normalized spacial score (nSPS) is 17.4. The zero-order valence-corrected chi connectivity index (χ0v) is 11.5. The number of carbonyl (C=O) groups is 2. The van der Waals surface area contributed by atoms with Crippen LogP contribution in [-0.2, 0) is 4.79 Å². The minimum Gasteiger partial charge on any atom is -0.496 e. The van der Waals surface area contributed by atoms with Crippen LogP contribution in [0, 0.1) is 5.82 Å². The van der Waals surface area contributed by atoms with E-state index in [1.807, 2.05) is 0 Å². The van der Waals surface area contributed by atoms with Gasteiger partial charge in [0, 0.05) is 25.9 Å². The number of amides is 1. The van der Waals surface area contributed by atoms with Gasteiger partial charge in [0.25, 0.3) is 5.91 Å². The predicted molar refractivity (Wildman–Crippen MR) is 70.7 cm³/mol. The van der Waals surface area contributed by atoms with Crippen molar-refractivity contribution in [2.75, 3.05) is 20.2 Å². The maximum Gasteiger partial charge on any atom is 0.335 e. The lowest BCUT2D eigenvalue weighted by Crippen LogP contribution is -2.50. The number of halogens is 1. The van der Waals surface area contributed by atoms with E-state index in [0.29, 0.717) is 0 Å². The summed E-state index contributed by atoms with van der Waals surface area (Å²) in [6, 6.07) is 3.63. The van der Waals surface area contributed by atoms with Crippen LogP contribution < -0.4 is 4.74 Å². The van der Waals surface area contributed by atoms with E-state index >= 15 is 0 Å². The molecule has 114 valence electrons. The molecule has 2 N–H and O–H groups in total. The number of carboxylic acid groups (broad SMARTS) is 1. The quantitative estimate of drug-likeness (QED) is 0.865. The van der Waals surface area contributed by atoms with Gasteiger partial charge in [0.05, 0.1) is 12.7 Å². The van der Waals surface area contributed by atoms with Crippen LogP contribution in [0.1, 0.15) is 23.2 Å². The predicted octanol–water partition coefficient (Wildman–Crippen LogP) is 0.886. The monoisotopic (exact) mass is 297 g/mol. The van der Waals surface area contributed by atoms with Crippen LogP contribution in [0.3, 0.4) is 0 Å². The molecule has 1 saturated heterocycles. The Morgan fingerprint density at radius 2 is 1.95 bits per heavy atom. The second-order valence-electron chi connectivity index (χ2n) is 4.97. The molecule has 1 heterocycles. The Labute approximate surface area is 120 Å². The Morgan fingerprint density at radius 1 is 1.33 bits per heavy atom. The van der Waals surface area contributed by atoms with Crippen molar-refractivity contribution in [2.24, 2.45) is 0 Å². The molecule has 7 heteroatoms. The van der Waals surface area contributed by atoms with E-state index < -0.39 is 23.3 Å². The molecule has 0 saturated carbocycles. The molecule has 1 fully saturated rings. The zero-order valence-electron chi connectivity index (χ0n) is 11.5. The van der Waals surface area contributed by atoms with E-state index in [0.717, 1.165) is 6.07 Å². The van der Waals surface area contributed by atoms with Crippen molar-refractivity contribution in [2.45, 2.75) is 18.4 Å². The van der Waals surface area contributed by atoms with Gasteiger partial charge in [-0.25, -0.2) is 9.18 Å².